The summed E-state index contributed by atoms with van der Waals surface area (Å²) in [6, 6.07) is 5.92. The first-order chi connectivity index (χ1) is 10.8. The summed E-state index contributed by atoms with van der Waals surface area (Å²) in [5.74, 6) is 0.506. The molecule has 0 radical (unpaired) electrons. The third-order valence-electron chi connectivity index (χ3n) is 4.12. The zero-order valence-corrected chi connectivity index (χ0v) is 13.6. The van der Waals surface area contributed by atoms with Gasteiger partial charge in [-0.25, -0.2) is 17.2 Å². The molecule has 4 nitrogen and oxygen atoms in total. The van der Waals surface area contributed by atoms with Crippen molar-refractivity contribution in [2.24, 2.45) is 5.92 Å². The lowest BCUT2D eigenvalue weighted by molar-refractivity contribution is 0.388. The van der Waals surface area contributed by atoms with Crippen LogP contribution < -0.4 is 0 Å². The van der Waals surface area contributed by atoms with Gasteiger partial charge in [0.2, 0.25) is 10.0 Å². The van der Waals surface area contributed by atoms with Gasteiger partial charge in [-0.3, -0.25) is 0 Å². The quantitative estimate of drug-likeness (QED) is 0.836. The summed E-state index contributed by atoms with van der Waals surface area (Å²) >= 11 is 0. The van der Waals surface area contributed by atoms with E-state index in [-0.39, 0.29) is 6.54 Å². The number of furan rings is 1. The Morgan fingerprint density at radius 2 is 1.96 bits per heavy atom. The van der Waals surface area contributed by atoms with Crippen molar-refractivity contribution >= 4 is 10.0 Å². The van der Waals surface area contributed by atoms with Crippen LogP contribution in [0.5, 0.6) is 0 Å². The van der Waals surface area contributed by atoms with Gasteiger partial charge in [0.15, 0.2) is 0 Å². The highest BCUT2D eigenvalue weighted by molar-refractivity contribution is 7.89. The van der Waals surface area contributed by atoms with Crippen molar-refractivity contribution in [2.45, 2.75) is 30.7 Å². The lowest BCUT2D eigenvalue weighted by Crippen LogP contribution is -2.27. The molecule has 1 heterocycles. The van der Waals surface area contributed by atoms with Crippen LogP contribution in [0.25, 0.3) is 0 Å². The molecule has 1 aliphatic carbocycles. The van der Waals surface area contributed by atoms with E-state index < -0.39 is 26.6 Å². The minimum absolute atomic E-state index is 0.0423. The molecule has 2 unspecified atom stereocenters. The summed E-state index contributed by atoms with van der Waals surface area (Å²) in [6.07, 6.45) is 1.07. The van der Waals surface area contributed by atoms with E-state index in [0.29, 0.717) is 23.7 Å². The van der Waals surface area contributed by atoms with Crippen molar-refractivity contribution in [1.82, 2.24) is 4.31 Å². The Labute approximate surface area is 133 Å². The molecule has 1 aliphatic rings. The van der Waals surface area contributed by atoms with Gasteiger partial charge in [-0.05, 0) is 42.7 Å². The Balaban J connectivity index is 1.80. The van der Waals surface area contributed by atoms with Crippen molar-refractivity contribution in [2.75, 3.05) is 7.05 Å². The van der Waals surface area contributed by atoms with Gasteiger partial charge in [0, 0.05) is 13.0 Å². The largest absolute Gasteiger partial charge is 0.464 e. The lowest BCUT2D eigenvalue weighted by atomic mass is 10.3. The maximum Gasteiger partial charge on any atom is 0.246 e. The van der Waals surface area contributed by atoms with Crippen LogP contribution in [0.4, 0.5) is 8.78 Å². The van der Waals surface area contributed by atoms with Gasteiger partial charge in [-0.2, -0.15) is 4.31 Å². The fourth-order valence-corrected chi connectivity index (χ4v) is 3.75. The van der Waals surface area contributed by atoms with E-state index in [2.05, 4.69) is 6.92 Å². The smallest absolute Gasteiger partial charge is 0.246 e. The van der Waals surface area contributed by atoms with Crippen LogP contribution in [0.1, 0.15) is 30.8 Å². The van der Waals surface area contributed by atoms with Crippen LogP contribution >= 0.6 is 0 Å². The van der Waals surface area contributed by atoms with Crippen LogP contribution in [0, 0.1) is 17.6 Å². The van der Waals surface area contributed by atoms with Gasteiger partial charge in [0.1, 0.15) is 28.1 Å². The average Bonchev–Trinajstić information content (AvgIpc) is 3.04. The topological polar surface area (TPSA) is 50.5 Å². The minimum Gasteiger partial charge on any atom is -0.464 e. The lowest BCUT2D eigenvalue weighted by Gasteiger charge is -2.16. The second-order valence-corrected chi connectivity index (χ2v) is 7.97. The number of sulfonamides is 1. The Bertz CT molecular complexity index is 832. The van der Waals surface area contributed by atoms with Gasteiger partial charge >= 0.3 is 0 Å². The first-order valence-electron chi connectivity index (χ1n) is 7.29. The first kappa shape index (κ1) is 16.1. The molecule has 0 spiro atoms. The van der Waals surface area contributed by atoms with Crippen molar-refractivity contribution in [1.29, 1.82) is 0 Å². The van der Waals surface area contributed by atoms with Crippen LogP contribution in [0.2, 0.25) is 0 Å². The zero-order valence-electron chi connectivity index (χ0n) is 12.8. The number of rotatable bonds is 5. The molecule has 1 saturated carbocycles. The second-order valence-electron chi connectivity index (χ2n) is 5.96. The van der Waals surface area contributed by atoms with Gasteiger partial charge < -0.3 is 4.42 Å². The molecule has 0 aliphatic heterocycles. The first-order valence-corrected chi connectivity index (χ1v) is 8.73. The third kappa shape index (κ3) is 3.16. The van der Waals surface area contributed by atoms with Crippen molar-refractivity contribution in [3.63, 3.8) is 0 Å². The predicted octanol–water partition coefficient (Wildman–Crippen LogP) is 3.50. The van der Waals surface area contributed by atoms with Gasteiger partial charge in [-0.1, -0.05) is 6.92 Å². The molecule has 2 aromatic rings. The number of nitrogens with zero attached hydrogens (tertiary/aromatic N) is 1. The molecule has 23 heavy (non-hydrogen) atoms. The molecule has 1 aromatic carbocycles. The normalized spacial score (nSPS) is 20.9. The molecule has 2 atom stereocenters. The van der Waals surface area contributed by atoms with Gasteiger partial charge in [0.05, 0.1) is 6.54 Å². The predicted molar refractivity (Wildman–Crippen MR) is 80.2 cm³/mol. The van der Waals surface area contributed by atoms with E-state index in [0.717, 1.165) is 28.6 Å². The molecule has 1 fully saturated rings. The summed E-state index contributed by atoms with van der Waals surface area (Å²) in [7, 11) is -2.83. The molecular formula is C16H17F2NO3S. The third-order valence-corrected chi connectivity index (χ3v) is 5.94. The molecule has 0 bridgehead atoms. The van der Waals surface area contributed by atoms with Crippen LogP contribution in [-0.4, -0.2) is 19.8 Å². The monoisotopic (exact) mass is 341 g/mol. The Hall–Kier alpha value is -1.73. The minimum atomic E-state index is -4.14. The van der Waals surface area contributed by atoms with Crippen LogP contribution in [-0.2, 0) is 16.6 Å². The molecular weight excluding hydrogens is 324 g/mol. The number of benzene rings is 1. The standard InChI is InChI=1S/C16H17F2NO3S/c1-10-7-13(10)15-6-4-12(22-15)9-19(2)23(20,21)16-8-11(17)3-5-14(16)18/h3-6,8,10,13H,7,9H2,1-2H3. The molecule has 0 saturated heterocycles. The molecule has 7 heteroatoms. The average molecular weight is 341 g/mol. The van der Waals surface area contributed by atoms with Crippen LogP contribution in [0.15, 0.2) is 39.6 Å². The van der Waals surface area contributed by atoms with Crippen molar-refractivity contribution in [3.8, 4) is 0 Å². The molecule has 0 N–H and O–H groups in total. The number of hydrogen-bond donors (Lipinski definition) is 0. The summed E-state index contributed by atoms with van der Waals surface area (Å²) in [6.45, 7) is 2.08. The maximum atomic E-state index is 13.7. The van der Waals surface area contributed by atoms with Gasteiger partial charge in [-0.15, -0.1) is 0 Å². The second kappa shape index (κ2) is 5.72. The summed E-state index contributed by atoms with van der Waals surface area (Å²) < 4.78 is 58.4. The molecule has 0 amide bonds. The molecule has 124 valence electrons. The van der Waals surface area contributed by atoms with E-state index in [9.17, 15) is 17.2 Å². The Morgan fingerprint density at radius 1 is 1.26 bits per heavy atom. The van der Waals surface area contributed by atoms with Crippen LogP contribution in [0.3, 0.4) is 0 Å². The zero-order chi connectivity index (χ0) is 16.8. The van der Waals surface area contributed by atoms with E-state index in [1.165, 1.54) is 7.05 Å². The van der Waals surface area contributed by atoms with E-state index in [1.54, 1.807) is 6.07 Å². The van der Waals surface area contributed by atoms with E-state index >= 15 is 0 Å². The fraction of sp³-hybridized carbons (Fsp3) is 0.375. The highest BCUT2D eigenvalue weighted by Gasteiger charge is 2.36. The van der Waals surface area contributed by atoms with Crippen molar-refractivity contribution < 1.29 is 21.6 Å². The van der Waals surface area contributed by atoms with E-state index in [4.69, 9.17) is 4.42 Å². The fourth-order valence-electron chi connectivity index (χ4n) is 2.54. The Kier molecular flexibility index (Phi) is 4.01. The SMILES string of the molecule is CC1CC1c1ccc(CN(C)S(=O)(=O)c2cc(F)ccc2F)o1. The number of halogens is 2. The van der Waals surface area contributed by atoms with Crippen molar-refractivity contribution in [3.05, 3.63) is 53.5 Å². The highest BCUT2D eigenvalue weighted by atomic mass is 32.2. The molecule has 1 aromatic heterocycles. The summed E-state index contributed by atoms with van der Waals surface area (Å²) in [4.78, 5) is -0.678. The number of hydrogen-bond acceptors (Lipinski definition) is 3. The Morgan fingerprint density at radius 3 is 2.61 bits per heavy atom. The van der Waals surface area contributed by atoms with Gasteiger partial charge in [0.25, 0.3) is 0 Å². The molecule has 3 rings (SSSR count). The maximum absolute atomic E-state index is 13.7. The summed E-state index contributed by atoms with van der Waals surface area (Å²) in [5, 5.41) is 0. The van der Waals surface area contributed by atoms with E-state index in [1.807, 2.05) is 6.07 Å². The highest BCUT2D eigenvalue weighted by Crippen LogP contribution is 2.47. The summed E-state index contributed by atoms with van der Waals surface area (Å²) in [5.41, 5.74) is 0.